The van der Waals surface area contributed by atoms with E-state index < -0.39 is 0 Å². The van der Waals surface area contributed by atoms with Crippen LogP contribution in [0.1, 0.15) is 89.2 Å². The first-order valence-electron chi connectivity index (χ1n) is 7.71. The molecule has 0 spiro atoms. The third kappa shape index (κ3) is 4.48. The fraction of sp³-hybridized carbons (Fsp3) is 0.667. The van der Waals surface area contributed by atoms with Gasteiger partial charge in [0.2, 0.25) is 0 Å². The summed E-state index contributed by atoms with van der Waals surface area (Å²) in [5.74, 6) is 1.34. The van der Waals surface area contributed by atoms with Gasteiger partial charge < -0.3 is 0 Å². The SMILES string of the molecule is CCCCC(C)c1[c]cccc1C(C)CCCC. The lowest BCUT2D eigenvalue weighted by Gasteiger charge is -2.20. The second-order valence-electron chi connectivity index (χ2n) is 5.63. The molecule has 1 radical (unpaired) electrons. The monoisotopic (exact) mass is 245 g/mol. The maximum atomic E-state index is 3.50. The normalized spacial score (nSPS) is 14.4. The van der Waals surface area contributed by atoms with Crippen molar-refractivity contribution in [3.8, 4) is 0 Å². The first kappa shape index (κ1) is 15.3. The molecule has 0 heteroatoms. The van der Waals surface area contributed by atoms with E-state index in [-0.39, 0.29) is 0 Å². The minimum Gasteiger partial charge on any atom is -0.0654 e. The van der Waals surface area contributed by atoms with Gasteiger partial charge in [-0.25, -0.2) is 0 Å². The van der Waals surface area contributed by atoms with Gasteiger partial charge in [0, 0.05) is 0 Å². The van der Waals surface area contributed by atoms with E-state index in [1.807, 2.05) is 0 Å². The number of benzene rings is 1. The second-order valence-corrected chi connectivity index (χ2v) is 5.63. The summed E-state index contributed by atoms with van der Waals surface area (Å²) in [7, 11) is 0. The molecule has 0 aromatic heterocycles. The maximum absolute atomic E-state index is 3.50. The van der Waals surface area contributed by atoms with Crippen LogP contribution < -0.4 is 0 Å². The van der Waals surface area contributed by atoms with Gasteiger partial charge in [0.1, 0.15) is 0 Å². The van der Waals surface area contributed by atoms with Gasteiger partial charge in [-0.2, -0.15) is 0 Å². The van der Waals surface area contributed by atoms with E-state index in [2.05, 4.69) is 52.0 Å². The zero-order valence-electron chi connectivity index (χ0n) is 12.6. The fourth-order valence-electron chi connectivity index (χ4n) is 2.64. The molecule has 1 aromatic carbocycles. The van der Waals surface area contributed by atoms with Crippen molar-refractivity contribution in [2.45, 2.75) is 78.1 Å². The van der Waals surface area contributed by atoms with Crippen LogP contribution >= 0.6 is 0 Å². The Labute approximate surface area is 114 Å². The summed E-state index contributed by atoms with van der Waals surface area (Å²) in [6, 6.07) is 10.0. The van der Waals surface area contributed by atoms with Gasteiger partial charge in [0.25, 0.3) is 0 Å². The Morgan fingerprint density at radius 2 is 1.61 bits per heavy atom. The molecule has 101 valence electrons. The number of hydrogen-bond donors (Lipinski definition) is 0. The van der Waals surface area contributed by atoms with E-state index in [9.17, 15) is 0 Å². The molecular formula is C18H29. The summed E-state index contributed by atoms with van der Waals surface area (Å²) in [5.41, 5.74) is 3.00. The highest BCUT2D eigenvalue weighted by Crippen LogP contribution is 2.31. The van der Waals surface area contributed by atoms with E-state index in [0.29, 0.717) is 11.8 Å². The number of rotatable bonds is 8. The van der Waals surface area contributed by atoms with Crippen molar-refractivity contribution in [2.75, 3.05) is 0 Å². The maximum Gasteiger partial charge on any atom is -0.0143 e. The van der Waals surface area contributed by atoms with Crippen molar-refractivity contribution in [1.82, 2.24) is 0 Å². The highest BCUT2D eigenvalue weighted by Gasteiger charge is 2.14. The summed E-state index contributed by atoms with van der Waals surface area (Å²) < 4.78 is 0. The van der Waals surface area contributed by atoms with E-state index >= 15 is 0 Å². The van der Waals surface area contributed by atoms with E-state index in [4.69, 9.17) is 0 Å². The van der Waals surface area contributed by atoms with E-state index in [1.165, 1.54) is 49.7 Å². The minimum atomic E-state index is 0.658. The highest BCUT2D eigenvalue weighted by atomic mass is 14.2. The molecule has 0 aliphatic carbocycles. The fourth-order valence-corrected chi connectivity index (χ4v) is 2.64. The minimum absolute atomic E-state index is 0.658. The average molecular weight is 245 g/mol. The zero-order chi connectivity index (χ0) is 13.4. The Morgan fingerprint density at radius 1 is 1.00 bits per heavy atom. The van der Waals surface area contributed by atoms with Crippen LogP contribution in [0.25, 0.3) is 0 Å². The lowest BCUT2D eigenvalue weighted by atomic mass is 9.85. The Morgan fingerprint density at radius 3 is 2.22 bits per heavy atom. The molecule has 1 aromatic rings. The van der Waals surface area contributed by atoms with Crippen LogP contribution in [0.5, 0.6) is 0 Å². The summed E-state index contributed by atoms with van der Waals surface area (Å²) in [5, 5.41) is 0. The zero-order valence-corrected chi connectivity index (χ0v) is 12.6. The van der Waals surface area contributed by atoms with Gasteiger partial charge >= 0.3 is 0 Å². The molecule has 0 saturated carbocycles. The predicted octanol–water partition coefficient (Wildman–Crippen LogP) is 6.07. The molecule has 2 unspecified atom stereocenters. The van der Waals surface area contributed by atoms with Gasteiger partial charge in [-0.3, -0.25) is 0 Å². The van der Waals surface area contributed by atoms with Crippen LogP contribution in [0.2, 0.25) is 0 Å². The van der Waals surface area contributed by atoms with Gasteiger partial charge in [0.05, 0.1) is 0 Å². The topological polar surface area (TPSA) is 0 Å². The lowest BCUT2D eigenvalue weighted by Crippen LogP contribution is -2.03. The second kappa shape index (κ2) is 8.34. The largest absolute Gasteiger partial charge is 0.0654 e. The molecule has 0 N–H and O–H groups in total. The van der Waals surface area contributed by atoms with Crippen molar-refractivity contribution in [2.24, 2.45) is 0 Å². The summed E-state index contributed by atoms with van der Waals surface area (Å²) >= 11 is 0. The first-order chi connectivity index (χ1) is 8.70. The number of hydrogen-bond acceptors (Lipinski definition) is 0. The molecular weight excluding hydrogens is 216 g/mol. The van der Waals surface area contributed by atoms with Gasteiger partial charge in [0.15, 0.2) is 0 Å². The summed E-state index contributed by atoms with van der Waals surface area (Å²) in [6.07, 6.45) is 7.84. The van der Waals surface area contributed by atoms with Crippen LogP contribution in [-0.2, 0) is 0 Å². The smallest absolute Gasteiger partial charge is 0.0143 e. The van der Waals surface area contributed by atoms with E-state index in [0.717, 1.165) is 0 Å². The Hall–Kier alpha value is -0.780. The Bertz CT molecular complexity index is 294. The molecule has 0 aliphatic heterocycles. The standard InChI is InChI=1S/C18H29/c1-5-7-11-15(3)17-13-9-10-14-18(17)16(4)12-8-6-2/h9-10,13,15-16H,5-8,11-12H2,1-4H3. The van der Waals surface area contributed by atoms with Crippen molar-refractivity contribution >= 4 is 0 Å². The molecule has 0 saturated heterocycles. The van der Waals surface area contributed by atoms with Gasteiger partial charge in [-0.05, 0) is 41.9 Å². The molecule has 0 nitrogen and oxygen atoms in total. The number of unbranched alkanes of at least 4 members (excludes halogenated alkanes) is 2. The Kier molecular flexibility index (Phi) is 7.08. The predicted molar refractivity (Wildman–Crippen MR) is 81.2 cm³/mol. The molecule has 0 fully saturated rings. The van der Waals surface area contributed by atoms with Gasteiger partial charge in [-0.1, -0.05) is 71.6 Å². The van der Waals surface area contributed by atoms with Gasteiger partial charge in [-0.15, -0.1) is 0 Å². The third-order valence-electron chi connectivity index (χ3n) is 3.93. The lowest BCUT2D eigenvalue weighted by molar-refractivity contribution is 0.588. The molecule has 0 aliphatic rings. The highest BCUT2D eigenvalue weighted by molar-refractivity contribution is 5.31. The molecule has 0 heterocycles. The van der Waals surface area contributed by atoms with E-state index in [1.54, 1.807) is 0 Å². The van der Waals surface area contributed by atoms with Crippen LogP contribution in [-0.4, -0.2) is 0 Å². The molecule has 1 rings (SSSR count). The molecule has 0 amide bonds. The average Bonchev–Trinajstić information content (AvgIpc) is 2.42. The van der Waals surface area contributed by atoms with Crippen LogP contribution in [0.4, 0.5) is 0 Å². The summed E-state index contributed by atoms with van der Waals surface area (Å²) in [6.45, 7) is 9.27. The van der Waals surface area contributed by atoms with Crippen molar-refractivity contribution < 1.29 is 0 Å². The third-order valence-corrected chi connectivity index (χ3v) is 3.93. The molecule has 0 bridgehead atoms. The first-order valence-corrected chi connectivity index (χ1v) is 7.71. The van der Waals surface area contributed by atoms with Crippen molar-refractivity contribution in [3.05, 3.63) is 35.4 Å². The quantitative estimate of drug-likeness (QED) is 0.521. The molecule has 2 atom stereocenters. The van der Waals surface area contributed by atoms with Crippen LogP contribution in [0.15, 0.2) is 18.2 Å². The van der Waals surface area contributed by atoms with Crippen LogP contribution in [0.3, 0.4) is 0 Å². The van der Waals surface area contributed by atoms with Crippen molar-refractivity contribution in [1.29, 1.82) is 0 Å². The summed E-state index contributed by atoms with van der Waals surface area (Å²) in [4.78, 5) is 0. The molecule has 18 heavy (non-hydrogen) atoms. The van der Waals surface area contributed by atoms with Crippen molar-refractivity contribution in [3.63, 3.8) is 0 Å². The Balaban J connectivity index is 2.77. The van der Waals surface area contributed by atoms with Crippen LogP contribution in [0, 0.1) is 6.07 Å².